The van der Waals surface area contributed by atoms with Crippen LogP contribution >= 0.6 is 11.3 Å². The van der Waals surface area contributed by atoms with Crippen molar-refractivity contribution in [2.45, 2.75) is 0 Å². The highest BCUT2D eigenvalue weighted by Crippen LogP contribution is 2.37. The quantitative estimate of drug-likeness (QED) is 0.449. The van der Waals surface area contributed by atoms with Crippen LogP contribution in [0.15, 0.2) is 84.9 Å². The molecule has 124 valence electrons. The average molecular weight is 355 g/mol. The molecule has 2 heterocycles. The van der Waals surface area contributed by atoms with Gasteiger partial charge >= 0.3 is 10.7 Å². The molecule has 5 aromatic rings. The monoisotopic (exact) mass is 355 g/mol. The molecule has 0 atom stereocenters. The number of aromatic nitrogens is 2. The van der Waals surface area contributed by atoms with Crippen LogP contribution in [0.5, 0.6) is 5.88 Å². The van der Waals surface area contributed by atoms with E-state index in [0.29, 0.717) is 0 Å². The summed E-state index contributed by atoms with van der Waals surface area (Å²) in [5, 5.41) is 17.9. The van der Waals surface area contributed by atoms with Crippen molar-refractivity contribution in [1.82, 2.24) is 5.10 Å². The van der Waals surface area contributed by atoms with Crippen molar-refractivity contribution in [1.29, 1.82) is 0 Å². The van der Waals surface area contributed by atoms with E-state index in [2.05, 4.69) is 12.1 Å². The molecule has 1 N–H and O–H groups in total. The van der Waals surface area contributed by atoms with Crippen LogP contribution in [0.25, 0.3) is 37.3 Å². The van der Waals surface area contributed by atoms with E-state index in [9.17, 15) is 5.11 Å². The summed E-state index contributed by atoms with van der Waals surface area (Å²) in [4.78, 5) is 1.77. The molecule has 0 aliphatic rings. The molecular weight excluding hydrogens is 340 g/mol. The Kier molecular flexibility index (Phi) is 3.43. The Morgan fingerprint density at radius 2 is 1.27 bits per heavy atom. The number of fused-ring (bicyclic) bond motifs is 3. The number of hydrogen-bond acceptors (Lipinski definition) is 3. The lowest BCUT2D eigenvalue weighted by Gasteiger charge is -2.02. The van der Waals surface area contributed by atoms with Gasteiger partial charge in [0.1, 0.15) is 5.69 Å². The van der Waals surface area contributed by atoms with E-state index < -0.39 is 0 Å². The van der Waals surface area contributed by atoms with Gasteiger partial charge in [-0.05, 0) is 6.07 Å². The smallest absolute Gasteiger partial charge is 0.416 e. The van der Waals surface area contributed by atoms with Crippen molar-refractivity contribution >= 4 is 26.9 Å². The minimum Gasteiger partial charge on any atom is -0.457 e. The van der Waals surface area contributed by atoms with Crippen molar-refractivity contribution in [3.8, 4) is 27.6 Å². The van der Waals surface area contributed by atoms with E-state index >= 15 is 0 Å². The first-order valence-electron chi connectivity index (χ1n) is 8.40. The van der Waals surface area contributed by atoms with E-state index in [1.54, 1.807) is 15.9 Å². The first-order valence-corrected chi connectivity index (χ1v) is 9.22. The molecule has 26 heavy (non-hydrogen) atoms. The lowest BCUT2D eigenvalue weighted by molar-refractivity contribution is -0.582. The zero-order valence-electron chi connectivity index (χ0n) is 13.8. The Bertz CT molecular complexity index is 1230. The fourth-order valence-electron chi connectivity index (χ4n) is 3.26. The van der Waals surface area contributed by atoms with Gasteiger partial charge in [0.15, 0.2) is 4.88 Å². The maximum absolute atomic E-state index is 10.9. The van der Waals surface area contributed by atoms with Gasteiger partial charge in [0.05, 0.1) is 5.39 Å². The Morgan fingerprint density at radius 3 is 1.96 bits per heavy atom. The highest BCUT2D eigenvalue weighted by atomic mass is 32.1. The Labute approximate surface area is 154 Å². The third-order valence-electron chi connectivity index (χ3n) is 4.49. The zero-order chi connectivity index (χ0) is 17.5. The Morgan fingerprint density at radius 1 is 0.692 bits per heavy atom. The second-order valence-corrected chi connectivity index (χ2v) is 7.10. The van der Waals surface area contributed by atoms with Gasteiger partial charge in [-0.3, -0.25) is 0 Å². The molecule has 0 spiro atoms. The summed E-state index contributed by atoms with van der Waals surface area (Å²) in [5.41, 5.74) is 2.89. The number of aromatic hydroxyl groups is 1. The predicted octanol–water partition coefficient (Wildman–Crippen LogP) is 5.07. The van der Waals surface area contributed by atoms with Crippen molar-refractivity contribution in [3.63, 3.8) is 0 Å². The second kappa shape index (κ2) is 5.93. The van der Waals surface area contributed by atoms with Crippen LogP contribution < -0.4 is 4.52 Å². The van der Waals surface area contributed by atoms with Crippen LogP contribution in [0.4, 0.5) is 0 Å². The summed E-state index contributed by atoms with van der Waals surface area (Å²) in [6, 6.07) is 28.3. The summed E-state index contributed by atoms with van der Waals surface area (Å²) in [6.45, 7) is 0. The minimum atomic E-state index is 0.180. The molecule has 0 amide bonds. The van der Waals surface area contributed by atoms with Crippen LogP contribution in [0, 0.1) is 0 Å². The van der Waals surface area contributed by atoms with Crippen LogP contribution in [0.1, 0.15) is 0 Å². The zero-order valence-corrected chi connectivity index (χ0v) is 14.6. The van der Waals surface area contributed by atoms with Gasteiger partial charge in [-0.1, -0.05) is 90.2 Å². The molecule has 5 rings (SSSR count). The van der Waals surface area contributed by atoms with E-state index in [4.69, 9.17) is 5.10 Å². The van der Waals surface area contributed by atoms with Crippen LogP contribution in [-0.4, -0.2) is 10.2 Å². The largest absolute Gasteiger partial charge is 0.457 e. The number of nitrogens with zero attached hydrogens (tertiary/aromatic N) is 2. The Balaban J connectivity index is 1.89. The van der Waals surface area contributed by atoms with E-state index in [-0.39, 0.29) is 5.88 Å². The predicted molar refractivity (Wildman–Crippen MR) is 105 cm³/mol. The lowest BCUT2D eigenvalue weighted by atomic mass is 10.1. The maximum atomic E-state index is 10.9. The normalized spacial score (nSPS) is 11.2. The molecule has 3 nitrogen and oxygen atoms in total. The molecule has 0 saturated carbocycles. The number of hydrogen-bond donors (Lipinski definition) is 1. The molecule has 0 radical (unpaired) electrons. The molecule has 3 aromatic carbocycles. The van der Waals surface area contributed by atoms with E-state index in [1.807, 2.05) is 72.8 Å². The summed E-state index contributed by atoms with van der Waals surface area (Å²) in [7, 11) is 0. The fourth-order valence-corrected chi connectivity index (χ4v) is 4.38. The van der Waals surface area contributed by atoms with Crippen LogP contribution in [0.3, 0.4) is 0 Å². The standard InChI is InChI=1S/C22H14N2OS/c25-21-20(16-11-5-2-6-12-16)26-22-18-14-8-7-13-17(18)19(23-24(21)22)15-9-3-1-4-10-15/h1-14H/p+1. The molecule has 0 aliphatic heterocycles. The van der Waals surface area contributed by atoms with Crippen molar-refractivity contribution in [3.05, 3.63) is 84.9 Å². The molecule has 0 saturated heterocycles. The third kappa shape index (κ3) is 2.27. The first kappa shape index (κ1) is 15.0. The van der Waals surface area contributed by atoms with E-state index in [1.165, 1.54) is 0 Å². The van der Waals surface area contributed by atoms with Gasteiger partial charge in [-0.25, -0.2) is 0 Å². The highest BCUT2D eigenvalue weighted by molar-refractivity contribution is 7.21. The third-order valence-corrected chi connectivity index (χ3v) is 5.70. The van der Waals surface area contributed by atoms with Crippen molar-refractivity contribution in [2.75, 3.05) is 0 Å². The summed E-state index contributed by atoms with van der Waals surface area (Å²) in [5.74, 6) is 0.180. The van der Waals surface area contributed by atoms with Gasteiger partial charge in [0.25, 0.3) is 0 Å². The maximum Gasteiger partial charge on any atom is 0.416 e. The minimum absolute atomic E-state index is 0.180. The number of rotatable bonds is 2. The summed E-state index contributed by atoms with van der Waals surface area (Å²) < 4.78 is 1.66. The van der Waals surface area contributed by atoms with Crippen molar-refractivity contribution < 1.29 is 9.62 Å². The fraction of sp³-hybridized carbons (Fsp3) is 0. The Hall–Kier alpha value is -3.24. The van der Waals surface area contributed by atoms with Gasteiger partial charge in [-0.2, -0.15) is 0 Å². The molecule has 2 aromatic heterocycles. The van der Waals surface area contributed by atoms with Gasteiger partial charge in [-0.15, -0.1) is 0 Å². The number of benzene rings is 3. The molecule has 0 aliphatic carbocycles. The molecule has 4 heteroatoms. The van der Waals surface area contributed by atoms with Gasteiger partial charge in [0, 0.05) is 26.1 Å². The summed E-state index contributed by atoms with van der Waals surface area (Å²) in [6.07, 6.45) is 0. The van der Waals surface area contributed by atoms with E-state index in [0.717, 1.165) is 37.3 Å². The SMILES string of the molecule is Oc1c(-c2ccccc2)sc2c3ccccc3c(-c3ccccc3)n[n+]12. The average Bonchev–Trinajstić information content (AvgIpc) is 3.05. The van der Waals surface area contributed by atoms with Gasteiger partial charge < -0.3 is 5.11 Å². The highest BCUT2D eigenvalue weighted by Gasteiger charge is 2.27. The lowest BCUT2D eigenvalue weighted by Crippen LogP contribution is -2.25. The molecule has 0 bridgehead atoms. The summed E-state index contributed by atoms with van der Waals surface area (Å²) >= 11 is 1.56. The molecule has 0 fully saturated rings. The van der Waals surface area contributed by atoms with Gasteiger partial charge in [0.2, 0.25) is 0 Å². The molecule has 0 unspecified atom stereocenters. The molecular formula is C22H15N2OS+. The number of thiazole rings is 1. The van der Waals surface area contributed by atoms with Crippen molar-refractivity contribution in [2.24, 2.45) is 0 Å². The first-order chi connectivity index (χ1) is 12.8. The van der Waals surface area contributed by atoms with Crippen LogP contribution in [0.2, 0.25) is 0 Å². The topological polar surface area (TPSA) is 37.2 Å². The van der Waals surface area contributed by atoms with Crippen LogP contribution in [-0.2, 0) is 0 Å². The second-order valence-electron chi connectivity index (χ2n) is 6.10.